The molecule has 2 rings (SSSR count). The fraction of sp³-hybridized carbons (Fsp3) is 0.611. The number of halogens is 1. The van der Waals surface area contributed by atoms with Gasteiger partial charge in [0.15, 0.2) is 5.96 Å². The zero-order valence-electron chi connectivity index (χ0n) is 14.5. The minimum absolute atomic E-state index is 0. The van der Waals surface area contributed by atoms with Crippen LogP contribution in [0, 0.1) is 12.8 Å². The number of hydrogen-bond donors (Lipinski definition) is 2. The first-order valence-corrected chi connectivity index (χ1v) is 8.38. The minimum Gasteiger partial charge on any atom is -0.490 e. The Balaban J connectivity index is 0.00000264. The van der Waals surface area contributed by atoms with E-state index in [1.807, 2.05) is 0 Å². The van der Waals surface area contributed by atoms with Crippen molar-refractivity contribution in [1.29, 1.82) is 0 Å². The van der Waals surface area contributed by atoms with E-state index < -0.39 is 0 Å². The Morgan fingerprint density at radius 3 is 2.78 bits per heavy atom. The predicted molar refractivity (Wildman–Crippen MR) is 108 cm³/mol. The molecule has 0 saturated heterocycles. The van der Waals surface area contributed by atoms with Crippen molar-refractivity contribution < 1.29 is 4.74 Å². The van der Waals surface area contributed by atoms with Gasteiger partial charge in [-0.15, -0.1) is 24.0 Å². The molecule has 130 valence electrons. The van der Waals surface area contributed by atoms with Gasteiger partial charge in [0, 0.05) is 12.1 Å². The molecule has 5 heteroatoms. The largest absolute Gasteiger partial charge is 0.490 e. The first-order chi connectivity index (χ1) is 10.6. The Labute approximate surface area is 157 Å². The third kappa shape index (κ3) is 6.57. The van der Waals surface area contributed by atoms with Crippen molar-refractivity contribution in [3.05, 3.63) is 29.3 Å². The van der Waals surface area contributed by atoms with Gasteiger partial charge in [0.05, 0.1) is 12.6 Å². The Bertz CT molecular complexity index is 515. The molecule has 1 atom stereocenters. The number of aliphatic imine (C=N–C) groups is 1. The highest BCUT2D eigenvalue weighted by atomic mass is 127. The molecular formula is C18H30IN3O. The van der Waals surface area contributed by atoms with Crippen LogP contribution in [0.1, 0.15) is 50.7 Å². The summed E-state index contributed by atoms with van der Waals surface area (Å²) in [4.78, 5) is 4.45. The molecule has 0 bridgehead atoms. The highest BCUT2D eigenvalue weighted by molar-refractivity contribution is 14.0. The van der Waals surface area contributed by atoms with Crippen molar-refractivity contribution in [2.24, 2.45) is 16.6 Å². The van der Waals surface area contributed by atoms with Gasteiger partial charge in [-0.2, -0.15) is 0 Å². The summed E-state index contributed by atoms with van der Waals surface area (Å²) in [6, 6.07) is 6.25. The summed E-state index contributed by atoms with van der Waals surface area (Å²) in [5.41, 5.74) is 8.23. The normalized spacial score (nSPS) is 16.2. The number of nitrogens with one attached hydrogen (secondary N) is 1. The molecule has 3 N–H and O–H groups in total. The van der Waals surface area contributed by atoms with Crippen LogP contribution in [0.3, 0.4) is 0 Å². The number of ether oxygens (including phenoxy) is 1. The zero-order chi connectivity index (χ0) is 15.9. The molecule has 1 aromatic rings. The van der Waals surface area contributed by atoms with Crippen molar-refractivity contribution in [3.8, 4) is 5.75 Å². The Morgan fingerprint density at radius 1 is 1.43 bits per heavy atom. The number of rotatable bonds is 7. The van der Waals surface area contributed by atoms with Crippen LogP contribution < -0.4 is 15.8 Å². The van der Waals surface area contributed by atoms with E-state index in [-0.39, 0.29) is 30.1 Å². The van der Waals surface area contributed by atoms with E-state index in [2.05, 4.69) is 49.3 Å². The van der Waals surface area contributed by atoms with Crippen molar-refractivity contribution in [1.82, 2.24) is 5.32 Å². The summed E-state index contributed by atoms with van der Waals surface area (Å²) in [5.74, 6) is 2.23. The first kappa shape index (κ1) is 20.1. The van der Waals surface area contributed by atoms with Crippen LogP contribution in [0.25, 0.3) is 0 Å². The molecule has 0 spiro atoms. The minimum atomic E-state index is 0. The van der Waals surface area contributed by atoms with Gasteiger partial charge in [0.25, 0.3) is 0 Å². The second-order valence-corrected chi connectivity index (χ2v) is 6.33. The maximum atomic E-state index is 6.00. The summed E-state index contributed by atoms with van der Waals surface area (Å²) in [5, 5.41) is 3.22. The predicted octanol–water partition coefficient (Wildman–Crippen LogP) is 3.99. The lowest BCUT2D eigenvalue weighted by Crippen LogP contribution is -2.37. The van der Waals surface area contributed by atoms with Crippen LogP contribution in [0.2, 0.25) is 0 Å². The molecule has 1 unspecified atom stereocenters. The van der Waals surface area contributed by atoms with Gasteiger partial charge < -0.3 is 15.8 Å². The Kier molecular flexibility index (Phi) is 8.73. The number of aryl methyl sites for hydroxylation is 1. The van der Waals surface area contributed by atoms with Gasteiger partial charge in [-0.1, -0.05) is 25.5 Å². The highest BCUT2D eigenvalue weighted by Crippen LogP contribution is 2.25. The SMILES string of the molecule is CCC(C)Oc1cc(C)ccc1CN=C(N)NCC1CCC1.I. The summed E-state index contributed by atoms with van der Waals surface area (Å²) >= 11 is 0. The van der Waals surface area contributed by atoms with E-state index in [1.165, 1.54) is 24.8 Å². The van der Waals surface area contributed by atoms with Crippen molar-refractivity contribution in [3.63, 3.8) is 0 Å². The Hall–Kier alpha value is -0.980. The fourth-order valence-corrected chi connectivity index (χ4v) is 2.37. The quantitative estimate of drug-likeness (QED) is 0.390. The van der Waals surface area contributed by atoms with Gasteiger partial charge in [0.1, 0.15) is 5.75 Å². The van der Waals surface area contributed by atoms with E-state index in [4.69, 9.17) is 10.5 Å². The molecular weight excluding hydrogens is 401 g/mol. The zero-order valence-corrected chi connectivity index (χ0v) is 16.8. The maximum absolute atomic E-state index is 6.00. The van der Waals surface area contributed by atoms with Gasteiger partial charge in [-0.05, 0) is 50.7 Å². The molecule has 0 aliphatic heterocycles. The molecule has 0 heterocycles. The molecule has 1 aromatic carbocycles. The van der Waals surface area contributed by atoms with Crippen LogP contribution in [0.4, 0.5) is 0 Å². The van der Waals surface area contributed by atoms with Gasteiger partial charge in [-0.3, -0.25) is 0 Å². The molecule has 0 aromatic heterocycles. The van der Waals surface area contributed by atoms with Crippen LogP contribution in [0.5, 0.6) is 5.75 Å². The number of nitrogens with two attached hydrogens (primary N) is 1. The monoisotopic (exact) mass is 431 g/mol. The Morgan fingerprint density at radius 2 is 2.17 bits per heavy atom. The summed E-state index contributed by atoms with van der Waals surface area (Å²) in [7, 11) is 0. The average Bonchev–Trinajstić information content (AvgIpc) is 2.44. The number of nitrogens with zero attached hydrogens (tertiary/aromatic N) is 1. The van der Waals surface area contributed by atoms with Crippen LogP contribution in [-0.2, 0) is 6.54 Å². The molecule has 4 nitrogen and oxygen atoms in total. The van der Waals surface area contributed by atoms with E-state index in [0.717, 1.165) is 30.2 Å². The van der Waals surface area contributed by atoms with E-state index in [9.17, 15) is 0 Å². The van der Waals surface area contributed by atoms with E-state index in [1.54, 1.807) is 0 Å². The molecule has 1 aliphatic rings. The van der Waals surface area contributed by atoms with Gasteiger partial charge in [0.2, 0.25) is 0 Å². The van der Waals surface area contributed by atoms with Crippen LogP contribution in [0.15, 0.2) is 23.2 Å². The van der Waals surface area contributed by atoms with Crippen molar-refractivity contribution in [2.45, 2.75) is 59.1 Å². The van der Waals surface area contributed by atoms with Crippen LogP contribution >= 0.6 is 24.0 Å². The summed E-state index contributed by atoms with van der Waals surface area (Å²) < 4.78 is 6.00. The van der Waals surface area contributed by atoms with E-state index in [0.29, 0.717) is 12.5 Å². The lowest BCUT2D eigenvalue weighted by atomic mass is 9.85. The smallest absolute Gasteiger partial charge is 0.188 e. The van der Waals surface area contributed by atoms with E-state index >= 15 is 0 Å². The molecule has 1 aliphatic carbocycles. The second kappa shape index (κ2) is 10.0. The van der Waals surface area contributed by atoms with Crippen molar-refractivity contribution >= 4 is 29.9 Å². The number of benzene rings is 1. The maximum Gasteiger partial charge on any atom is 0.188 e. The van der Waals surface area contributed by atoms with Gasteiger partial charge >= 0.3 is 0 Å². The summed E-state index contributed by atoms with van der Waals surface area (Å²) in [6.45, 7) is 7.78. The molecule has 0 radical (unpaired) electrons. The molecule has 23 heavy (non-hydrogen) atoms. The highest BCUT2D eigenvalue weighted by Gasteiger charge is 2.16. The topological polar surface area (TPSA) is 59.6 Å². The average molecular weight is 431 g/mol. The van der Waals surface area contributed by atoms with Crippen molar-refractivity contribution in [2.75, 3.05) is 6.54 Å². The number of guanidine groups is 1. The third-order valence-electron chi connectivity index (χ3n) is 4.34. The van der Waals surface area contributed by atoms with Gasteiger partial charge in [-0.25, -0.2) is 4.99 Å². The van der Waals surface area contributed by atoms with Crippen LogP contribution in [-0.4, -0.2) is 18.6 Å². The second-order valence-electron chi connectivity index (χ2n) is 6.33. The first-order valence-electron chi connectivity index (χ1n) is 8.38. The standard InChI is InChI=1S/C18H29N3O.HI/c1-4-14(3)22-17-10-13(2)8-9-16(17)12-21-18(19)20-11-15-6-5-7-15;/h8-10,14-15H,4-7,11-12H2,1-3H3,(H3,19,20,21);1H. The summed E-state index contributed by atoms with van der Waals surface area (Å²) in [6.07, 6.45) is 5.17. The molecule has 0 amide bonds. The third-order valence-corrected chi connectivity index (χ3v) is 4.34. The lowest BCUT2D eigenvalue weighted by Gasteiger charge is -2.25. The number of hydrogen-bond acceptors (Lipinski definition) is 2. The fourth-order valence-electron chi connectivity index (χ4n) is 2.37. The lowest BCUT2D eigenvalue weighted by molar-refractivity contribution is 0.215. The molecule has 1 fully saturated rings. The molecule has 1 saturated carbocycles.